The fourth-order valence-corrected chi connectivity index (χ4v) is 5.70. The number of hydrogen-bond acceptors (Lipinski definition) is 6. The second kappa shape index (κ2) is 5.38. The number of nitrogens with one attached hydrogen (secondary N) is 1. The second-order valence-electron chi connectivity index (χ2n) is 4.16. The van der Waals surface area contributed by atoms with Crippen molar-refractivity contribution in [2.75, 3.05) is 35.9 Å². The van der Waals surface area contributed by atoms with Gasteiger partial charge in [0, 0.05) is 35.9 Å². The summed E-state index contributed by atoms with van der Waals surface area (Å²) in [6, 6.07) is -0.215. The van der Waals surface area contributed by atoms with Crippen LogP contribution in [0.3, 0.4) is 0 Å². The molecule has 2 aliphatic heterocycles. The summed E-state index contributed by atoms with van der Waals surface area (Å²) in [5.41, 5.74) is 0. The van der Waals surface area contributed by atoms with Gasteiger partial charge in [-0.2, -0.15) is 11.8 Å². The summed E-state index contributed by atoms with van der Waals surface area (Å²) in [5.74, 6) is 2.74. The molecule has 5 nitrogen and oxygen atoms in total. The van der Waals surface area contributed by atoms with Crippen molar-refractivity contribution in [2.45, 2.75) is 11.4 Å². The van der Waals surface area contributed by atoms with Gasteiger partial charge in [0.2, 0.25) is 5.91 Å². The van der Waals surface area contributed by atoms with Crippen molar-refractivity contribution < 1.29 is 13.2 Å². The van der Waals surface area contributed by atoms with Crippen LogP contribution in [-0.2, 0) is 14.6 Å². The highest BCUT2D eigenvalue weighted by molar-refractivity contribution is 8.01. The summed E-state index contributed by atoms with van der Waals surface area (Å²) in [5, 5.41) is 2.44. The van der Waals surface area contributed by atoms with E-state index in [1.54, 1.807) is 23.5 Å². The molecule has 2 unspecified atom stereocenters. The minimum Gasteiger partial charge on any atom is -0.323 e. The molecule has 2 fully saturated rings. The summed E-state index contributed by atoms with van der Waals surface area (Å²) >= 11 is 3.26. The first-order chi connectivity index (χ1) is 8.00. The molecule has 2 heterocycles. The Morgan fingerprint density at radius 1 is 1.35 bits per heavy atom. The van der Waals surface area contributed by atoms with Gasteiger partial charge in [0.1, 0.15) is 5.37 Å². The molecule has 2 aliphatic rings. The monoisotopic (exact) mass is 296 g/mol. The fourth-order valence-electron chi connectivity index (χ4n) is 1.94. The van der Waals surface area contributed by atoms with Crippen molar-refractivity contribution >= 4 is 39.3 Å². The molecule has 17 heavy (non-hydrogen) atoms. The Bertz CT molecular complexity index is 392. The van der Waals surface area contributed by atoms with Gasteiger partial charge in [-0.1, -0.05) is 0 Å². The zero-order chi connectivity index (χ0) is 12.5. The van der Waals surface area contributed by atoms with Crippen molar-refractivity contribution in [1.29, 1.82) is 0 Å². The maximum atomic E-state index is 12.2. The number of amides is 1. The van der Waals surface area contributed by atoms with Gasteiger partial charge in [-0.15, -0.1) is 11.8 Å². The smallest absolute Gasteiger partial charge is 0.241 e. The van der Waals surface area contributed by atoms with Crippen LogP contribution in [0, 0.1) is 0 Å². The van der Waals surface area contributed by atoms with Gasteiger partial charge in [-0.3, -0.25) is 10.1 Å². The third-order valence-corrected chi connectivity index (χ3v) is 6.46. The maximum Gasteiger partial charge on any atom is 0.241 e. The van der Waals surface area contributed by atoms with Crippen LogP contribution in [0.2, 0.25) is 0 Å². The van der Waals surface area contributed by atoms with E-state index in [1.807, 2.05) is 0 Å². The zero-order valence-corrected chi connectivity index (χ0v) is 12.0. The molecule has 0 aromatic rings. The third kappa shape index (κ3) is 3.10. The zero-order valence-electron chi connectivity index (χ0n) is 9.59. The van der Waals surface area contributed by atoms with Crippen LogP contribution >= 0.6 is 23.5 Å². The number of hydrogen-bond donors (Lipinski definition) is 1. The average molecular weight is 296 g/mol. The molecule has 1 N–H and O–H groups in total. The summed E-state index contributed by atoms with van der Waals surface area (Å²) in [6.07, 6.45) is 1.21. The van der Waals surface area contributed by atoms with Crippen LogP contribution in [0.15, 0.2) is 0 Å². The standard InChI is InChI=1S/C9H16N2O3S3/c1-17(13,14)8-5-15-3-2-11(8)9(12)7-4-16-6-10-7/h7-8,10H,2-6H2,1H3. The average Bonchev–Trinajstić information content (AvgIpc) is 2.80. The molecule has 0 radical (unpaired) electrons. The normalized spacial score (nSPS) is 30.5. The molecule has 1 amide bonds. The molecule has 2 atom stereocenters. The lowest BCUT2D eigenvalue weighted by Crippen LogP contribution is -2.55. The highest BCUT2D eigenvalue weighted by Gasteiger charge is 2.37. The van der Waals surface area contributed by atoms with E-state index in [0.717, 1.165) is 17.4 Å². The van der Waals surface area contributed by atoms with E-state index in [-0.39, 0.29) is 11.9 Å². The predicted molar refractivity (Wildman–Crippen MR) is 71.9 cm³/mol. The SMILES string of the molecule is CS(=O)(=O)C1CSCCN1C(=O)C1CSCN1. The van der Waals surface area contributed by atoms with E-state index < -0.39 is 15.2 Å². The van der Waals surface area contributed by atoms with E-state index in [9.17, 15) is 13.2 Å². The molecule has 2 saturated heterocycles. The predicted octanol–water partition coefficient (Wildman–Crippen LogP) is -0.405. The van der Waals surface area contributed by atoms with Gasteiger partial charge in [0.15, 0.2) is 9.84 Å². The molecular weight excluding hydrogens is 280 g/mol. The van der Waals surface area contributed by atoms with Crippen LogP contribution in [0.4, 0.5) is 0 Å². The Hall–Kier alpha value is 0.0800. The number of carbonyl (C=O) groups is 1. The molecule has 0 aromatic heterocycles. The molecule has 98 valence electrons. The van der Waals surface area contributed by atoms with Crippen LogP contribution in [-0.4, -0.2) is 66.6 Å². The molecule has 0 spiro atoms. The van der Waals surface area contributed by atoms with Crippen molar-refractivity contribution in [3.8, 4) is 0 Å². The Kier molecular flexibility index (Phi) is 4.27. The van der Waals surface area contributed by atoms with Crippen LogP contribution in [0.1, 0.15) is 0 Å². The van der Waals surface area contributed by atoms with Gasteiger partial charge >= 0.3 is 0 Å². The van der Waals surface area contributed by atoms with E-state index >= 15 is 0 Å². The summed E-state index contributed by atoms with van der Waals surface area (Å²) in [6.45, 7) is 0.532. The molecule has 8 heteroatoms. The number of rotatable bonds is 2. The van der Waals surface area contributed by atoms with E-state index in [4.69, 9.17) is 0 Å². The van der Waals surface area contributed by atoms with E-state index in [1.165, 1.54) is 11.2 Å². The molecule has 0 aromatic carbocycles. The topological polar surface area (TPSA) is 66.5 Å². The van der Waals surface area contributed by atoms with E-state index in [2.05, 4.69) is 5.32 Å². The first kappa shape index (κ1) is 13.5. The fraction of sp³-hybridized carbons (Fsp3) is 0.889. The summed E-state index contributed by atoms with van der Waals surface area (Å²) < 4.78 is 23.4. The van der Waals surface area contributed by atoms with Crippen LogP contribution < -0.4 is 5.32 Å². The maximum absolute atomic E-state index is 12.2. The van der Waals surface area contributed by atoms with Crippen molar-refractivity contribution in [1.82, 2.24) is 10.2 Å². The van der Waals surface area contributed by atoms with Crippen molar-refractivity contribution in [2.24, 2.45) is 0 Å². The third-order valence-electron chi connectivity index (χ3n) is 2.88. The second-order valence-corrected chi connectivity index (χ2v) is 8.55. The van der Waals surface area contributed by atoms with E-state index in [0.29, 0.717) is 12.3 Å². The minimum atomic E-state index is -3.20. The van der Waals surface area contributed by atoms with Gasteiger partial charge in [0.05, 0.1) is 6.04 Å². The molecule has 0 aliphatic carbocycles. The first-order valence-corrected chi connectivity index (χ1v) is 9.65. The highest BCUT2D eigenvalue weighted by atomic mass is 32.2. The summed E-state index contributed by atoms with van der Waals surface area (Å²) in [7, 11) is -3.20. The Balaban J connectivity index is 2.13. The van der Waals surface area contributed by atoms with Crippen LogP contribution in [0.25, 0.3) is 0 Å². The van der Waals surface area contributed by atoms with Crippen LogP contribution in [0.5, 0.6) is 0 Å². The Labute approximate surface area is 110 Å². The lowest BCUT2D eigenvalue weighted by atomic mass is 10.3. The highest BCUT2D eigenvalue weighted by Crippen LogP contribution is 2.22. The summed E-state index contributed by atoms with van der Waals surface area (Å²) in [4.78, 5) is 13.8. The van der Waals surface area contributed by atoms with Gasteiger partial charge in [0.25, 0.3) is 0 Å². The minimum absolute atomic E-state index is 0.0641. The first-order valence-electron chi connectivity index (χ1n) is 5.38. The number of nitrogens with zero attached hydrogens (tertiary/aromatic N) is 1. The van der Waals surface area contributed by atoms with Gasteiger partial charge in [-0.05, 0) is 0 Å². The Morgan fingerprint density at radius 2 is 2.12 bits per heavy atom. The molecular formula is C9H16N2O3S3. The lowest BCUT2D eigenvalue weighted by molar-refractivity contribution is -0.133. The quantitative estimate of drug-likeness (QED) is 0.748. The van der Waals surface area contributed by atoms with Crippen molar-refractivity contribution in [3.63, 3.8) is 0 Å². The van der Waals surface area contributed by atoms with Gasteiger partial charge in [-0.25, -0.2) is 8.42 Å². The van der Waals surface area contributed by atoms with Gasteiger partial charge < -0.3 is 4.90 Å². The number of carbonyl (C=O) groups excluding carboxylic acids is 1. The number of thioether (sulfide) groups is 2. The number of sulfone groups is 1. The Morgan fingerprint density at radius 3 is 2.71 bits per heavy atom. The molecule has 2 rings (SSSR count). The largest absolute Gasteiger partial charge is 0.323 e. The van der Waals surface area contributed by atoms with Crippen molar-refractivity contribution in [3.05, 3.63) is 0 Å². The molecule has 0 saturated carbocycles. The lowest BCUT2D eigenvalue weighted by Gasteiger charge is -2.35. The molecule has 0 bridgehead atoms.